The maximum Gasteiger partial charge on any atom is 0.322 e. The first-order chi connectivity index (χ1) is 10.8. The lowest BCUT2D eigenvalue weighted by Crippen LogP contribution is -2.50. The molecule has 0 bridgehead atoms. The number of rotatable bonds is 3. The lowest BCUT2D eigenvalue weighted by atomic mass is 10.1. The van der Waals surface area contributed by atoms with Gasteiger partial charge in [-0.15, -0.1) is 0 Å². The van der Waals surface area contributed by atoms with Crippen molar-refractivity contribution in [1.29, 1.82) is 0 Å². The maximum atomic E-state index is 12.5. The number of aliphatic hydroxyl groups excluding tert-OH is 1. The average molecular weight is 301 g/mol. The third-order valence-corrected chi connectivity index (χ3v) is 3.83. The zero-order valence-electron chi connectivity index (χ0n) is 12.2. The van der Waals surface area contributed by atoms with Crippen molar-refractivity contribution < 1.29 is 14.6 Å². The molecule has 22 heavy (non-hydrogen) atoms. The molecule has 1 aromatic heterocycles. The number of urea groups is 1. The Morgan fingerprint density at radius 1 is 1.41 bits per heavy atom. The van der Waals surface area contributed by atoms with E-state index >= 15 is 0 Å². The van der Waals surface area contributed by atoms with Crippen LogP contribution in [0.4, 0.5) is 10.5 Å². The second kappa shape index (κ2) is 6.72. The van der Waals surface area contributed by atoms with Gasteiger partial charge >= 0.3 is 6.03 Å². The number of anilines is 1. The van der Waals surface area contributed by atoms with Gasteiger partial charge < -0.3 is 20.1 Å². The minimum atomic E-state index is -0.181. The largest absolute Gasteiger partial charge is 0.396 e. The molecule has 2 amide bonds. The fourth-order valence-corrected chi connectivity index (χ4v) is 2.70. The summed E-state index contributed by atoms with van der Waals surface area (Å²) >= 11 is 0. The van der Waals surface area contributed by atoms with E-state index in [1.807, 2.05) is 30.3 Å². The van der Waals surface area contributed by atoms with Crippen LogP contribution < -0.4 is 5.32 Å². The summed E-state index contributed by atoms with van der Waals surface area (Å²) in [6.45, 7) is 1.53. The molecule has 2 N–H and O–H groups in total. The normalized spacial score (nSPS) is 18.4. The summed E-state index contributed by atoms with van der Waals surface area (Å²) in [5.41, 5.74) is 1.46. The Morgan fingerprint density at radius 3 is 3.14 bits per heavy atom. The highest BCUT2D eigenvalue weighted by Crippen LogP contribution is 2.22. The molecule has 1 atom stereocenters. The van der Waals surface area contributed by atoms with Crippen molar-refractivity contribution in [2.24, 2.45) is 0 Å². The second-order valence-electron chi connectivity index (χ2n) is 5.25. The van der Waals surface area contributed by atoms with Crippen molar-refractivity contribution >= 4 is 22.6 Å². The van der Waals surface area contributed by atoms with Gasteiger partial charge in [0.25, 0.3) is 0 Å². The smallest absolute Gasteiger partial charge is 0.322 e. The molecule has 0 spiro atoms. The van der Waals surface area contributed by atoms with Crippen LogP contribution in [-0.4, -0.2) is 53.4 Å². The minimum absolute atomic E-state index is 0.0353. The zero-order valence-corrected chi connectivity index (χ0v) is 12.2. The van der Waals surface area contributed by atoms with E-state index in [4.69, 9.17) is 9.84 Å². The van der Waals surface area contributed by atoms with Crippen molar-refractivity contribution in [2.75, 3.05) is 31.7 Å². The summed E-state index contributed by atoms with van der Waals surface area (Å²) in [6.07, 6.45) is 2.22. The van der Waals surface area contributed by atoms with Crippen LogP contribution >= 0.6 is 0 Å². The highest BCUT2D eigenvalue weighted by molar-refractivity contribution is 5.99. The summed E-state index contributed by atoms with van der Waals surface area (Å²) in [6, 6.07) is 9.25. The Hall–Kier alpha value is -2.18. The molecule has 6 nitrogen and oxygen atoms in total. The topological polar surface area (TPSA) is 74.7 Å². The van der Waals surface area contributed by atoms with Gasteiger partial charge in [-0.2, -0.15) is 0 Å². The molecule has 1 aliphatic rings. The molecule has 0 aliphatic carbocycles. The van der Waals surface area contributed by atoms with Crippen LogP contribution in [0.5, 0.6) is 0 Å². The Kier molecular flexibility index (Phi) is 4.50. The highest BCUT2D eigenvalue weighted by Gasteiger charge is 2.27. The first-order valence-corrected chi connectivity index (χ1v) is 7.39. The Morgan fingerprint density at radius 2 is 2.27 bits per heavy atom. The van der Waals surface area contributed by atoms with E-state index in [1.165, 1.54) is 0 Å². The van der Waals surface area contributed by atoms with E-state index in [9.17, 15) is 4.79 Å². The summed E-state index contributed by atoms with van der Waals surface area (Å²) in [5, 5.41) is 13.0. The van der Waals surface area contributed by atoms with Gasteiger partial charge in [0.15, 0.2) is 0 Å². The fourth-order valence-electron chi connectivity index (χ4n) is 2.70. The van der Waals surface area contributed by atoms with Gasteiger partial charge in [0.2, 0.25) is 0 Å². The molecular formula is C16H19N3O3. The number of carbonyl (C=O) groups excluding carboxylic acids is 1. The summed E-state index contributed by atoms with van der Waals surface area (Å²) in [7, 11) is 0. The number of aromatic nitrogens is 1. The number of morpholine rings is 1. The molecule has 0 saturated carbocycles. The van der Waals surface area contributed by atoms with Crippen LogP contribution in [-0.2, 0) is 4.74 Å². The van der Waals surface area contributed by atoms with Crippen LogP contribution in [0, 0.1) is 0 Å². The van der Waals surface area contributed by atoms with Crippen LogP contribution in [0.3, 0.4) is 0 Å². The van der Waals surface area contributed by atoms with E-state index in [2.05, 4.69) is 10.3 Å². The molecule has 2 heterocycles. The Labute approximate surface area is 128 Å². The van der Waals surface area contributed by atoms with E-state index < -0.39 is 0 Å². The lowest BCUT2D eigenvalue weighted by Gasteiger charge is -2.35. The Bertz CT molecular complexity index is 655. The molecule has 1 saturated heterocycles. The van der Waals surface area contributed by atoms with E-state index in [0.29, 0.717) is 31.9 Å². The van der Waals surface area contributed by atoms with Crippen molar-refractivity contribution in [3.63, 3.8) is 0 Å². The number of pyridine rings is 1. The van der Waals surface area contributed by atoms with Gasteiger partial charge in [0.05, 0.1) is 30.5 Å². The number of para-hydroxylation sites is 1. The number of nitrogens with one attached hydrogen (secondary N) is 1. The first kappa shape index (κ1) is 14.7. The number of ether oxygens (including phenoxy) is 1. The predicted molar refractivity (Wildman–Crippen MR) is 83.8 cm³/mol. The molecule has 116 valence electrons. The number of nitrogens with zero attached hydrogens (tertiary/aromatic N) is 2. The third-order valence-electron chi connectivity index (χ3n) is 3.83. The van der Waals surface area contributed by atoms with Gasteiger partial charge in [-0.1, -0.05) is 18.2 Å². The van der Waals surface area contributed by atoms with Crippen molar-refractivity contribution in [1.82, 2.24) is 9.88 Å². The quantitative estimate of drug-likeness (QED) is 0.907. The molecule has 3 rings (SSSR count). The lowest BCUT2D eigenvalue weighted by molar-refractivity contribution is 0.00729. The molecule has 0 unspecified atom stereocenters. The standard InChI is InChI=1S/C16H19N3O3/c20-9-6-13-11-22-10-8-19(13)16(21)18-14-5-1-3-12-4-2-7-17-15(12)14/h1-5,7,13,20H,6,8-11H2,(H,18,21)/t13-/m1/s1. The van der Waals surface area contributed by atoms with Crippen molar-refractivity contribution in [3.8, 4) is 0 Å². The van der Waals surface area contributed by atoms with Crippen LogP contribution in [0.15, 0.2) is 36.5 Å². The van der Waals surface area contributed by atoms with Gasteiger partial charge in [-0.25, -0.2) is 4.79 Å². The second-order valence-corrected chi connectivity index (χ2v) is 5.25. The SMILES string of the molecule is O=C(Nc1cccc2cccnc12)N1CCOC[C@H]1CCO. The van der Waals surface area contributed by atoms with Crippen molar-refractivity contribution in [3.05, 3.63) is 36.5 Å². The summed E-state index contributed by atoms with van der Waals surface area (Å²) in [5.74, 6) is 0. The van der Waals surface area contributed by atoms with Gasteiger partial charge in [-0.3, -0.25) is 4.98 Å². The first-order valence-electron chi connectivity index (χ1n) is 7.39. The molecule has 1 aliphatic heterocycles. The number of benzene rings is 1. The number of carbonyl (C=O) groups is 1. The summed E-state index contributed by atoms with van der Waals surface area (Å²) < 4.78 is 5.39. The van der Waals surface area contributed by atoms with Gasteiger partial charge in [-0.05, 0) is 18.6 Å². The van der Waals surface area contributed by atoms with Crippen LogP contribution in [0.25, 0.3) is 10.9 Å². The number of hydrogen-bond acceptors (Lipinski definition) is 4. The monoisotopic (exact) mass is 301 g/mol. The fraction of sp³-hybridized carbons (Fsp3) is 0.375. The molecule has 1 fully saturated rings. The molecule has 2 aromatic rings. The van der Waals surface area contributed by atoms with Crippen LogP contribution in [0.2, 0.25) is 0 Å². The molecule has 1 aromatic carbocycles. The Balaban J connectivity index is 1.80. The number of aliphatic hydroxyl groups is 1. The van der Waals surface area contributed by atoms with E-state index in [-0.39, 0.29) is 18.7 Å². The van der Waals surface area contributed by atoms with E-state index in [1.54, 1.807) is 11.1 Å². The highest BCUT2D eigenvalue weighted by atomic mass is 16.5. The number of amides is 2. The van der Waals surface area contributed by atoms with Crippen molar-refractivity contribution in [2.45, 2.75) is 12.5 Å². The maximum absolute atomic E-state index is 12.5. The van der Waals surface area contributed by atoms with Gasteiger partial charge in [0, 0.05) is 24.7 Å². The number of fused-ring (bicyclic) bond motifs is 1. The molecule has 6 heteroatoms. The number of hydrogen-bond donors (Lipinski definition) is 2. The van der Waals surface area contributed by atoms with E-state index in [0.717, 1.165) is 10.9 Å². The third kappa shape index (κ3) is 3.03. The summed E-state index contributed by atoms with van der Waals surface area (Å²) in [4.78, 5) is 18.6. The average Bonchev–Trinajstić information content (AvgIpc) is 2.56. The zero-order chi connectivity index (χ0) is 15.4. The predicted octanol–water partition coefficient (Wildman–Crippen LogP) is 1.85. The van der Waals surface area contributed by atoms with Crippen LogP contribution in [0.1, 0.15) is 6.42 Å². The molecule has 0 radical (unpaired) electrons. The van der Waals surface area contributed by atoms with Gasteiger partial charge in [0.1, 0.15) is 0 Å². The molecular weight excluding hydrogens is 282 g/mol. The minimum Gasteiger partial charge on any atom is -0.396 e.